The molecule has 0 aliphatic heterocycles. The Balaban J connectivity index is 1.84. The Hall–Kier alpha value is -1.37. The molecule has 1 nitrogen and oxygen atoms in total. The Bertz CT molecular complexity index is 446. The zero-order valence-corrected chi connectivity index (χ0v) is 16.3. The topological polar surface area (TPSA) is 17.1 Å². The van der Waals surface area contributed by atoms with Gasteiger partial charge < -0.3 is 0 Å². The van der Waals surface area contributed by atoms with Gasteiger partial charge in [0.25, 0.3) is 0 Å². The van der Waals surface area contributed by atoms with Gasteiger partial charge in [-0.1, -0.05) is 101 Å². The average molecular weight is 343 g/mol. The van der Waals surface area contributed by atoms with E-state index in [0.29, 0.717) is 12.2 Å². The highest BCUT2D eigenvalue weighted by atomic mass is 16.1. The normalized spacial score (nSPS) is 11.2. The summed E-state index contributed by atoms with van der Waals surface area (Å²) < 4.78 is 0. The van der Waals surface area contributed by atoms with E-state index in [2.05, 4.69) is 19.1 Å². The average Bonchev–Trinajstić information content (AvgIpc) is 2.65. The Morgan fingerprint density at radius 2 is 1.24 bits per heavy atom. The largest absolute Gasteiger partial charge is 0.294 e. The first-order valence-corrected chi connectivity index (χ1v) is 10.6. The van der Waals surface area contributed by atoms with Crippen molar-refractivity contribution >= 4 is 5.78 Å². The highest BCUT2D eigenvalue weighted by Gasteiger charge is 2.03. The summed E-state index contributed by atoms with van der Waals surface area (Å²) in [6.07, 6.45) is 22.3. The van der Waals surface area contributed by atoms with Crippen molar-refractivity contribution in [2.75, 3.05) is 0 Å². The van der Waals surface area contributed by atoms with Crippen LogP contribution < -0.4 is 0 Å². The first-order valence-electron chi connectivity index (χ1n) is 10.6. The van der Waals surface area contributed by atoms with Crippen molar-refractivity contribution in [1.82, 2.24) is 0 Å². The fourth-order valence-electron chi connectivity index (χ4n) is 3.12. The lowest BCUT2D eigenvalue weighted by Crippen LogP contribution is -1.98. The van der Waals surface area contributed by atoms with Crippen molar-refractivity contribution in [3.8, 4) is 0 Å². The van der Waals surface area contributed by atoms with Crippen LogP contribution in [0.5, 0.6) is 0 Å². The highest BCUT2D eigenvalue weighted by Crippen LogP contribution is 2.12. The van der Waals surface area contributed by atoms with Gasteiger partial charge >= 0.3 is 0 Å². The zero-order valence-electron chi connectivity index (χ0n) is 16.3. The molecule has 1 rings (SSSR count). The second kappa shape index (κ2) is 16.1. The molecule has 0 aliphatic rings. The quantitative estimate of drug-likeness (QED) is 0.169. The summed E-state index contributed by atoms with van der Waals surface area (Å²) in [5, 5.41) is 0. The van der Waals surface area contributed by atoms with Gasteiger partial charge in [-0.15, -0.1) is 0 Å². The number of carbonyl (C=O) groups is 1. The standard InChI is InChI=1S/C24H38O/c1-2-3-4-5-6-7-8-9-10-11-12-13-14-15-19-22-24(25)23-20-17-16-18-21-23/h9-10,16-18,20-21H,2-8,11-15,19,22H2,1H3/b10-9+. The number of hydrogen-bond acceptors (Lipinski definition) is 1. The number of rotatable bonds is 16. The molecular weight excluding hydrogens is 304 g/mol. The van der Waals surface area contributed by atoms with Crippen molar-refractivity contribution in [3.63, 3.8) is 0 Å². The third kappa shape index (κ3) is 12.6. The maximum absolute atomic E-state index is 12.0. The van der Waals surface area contributed by atoms with E-state index in [1.165, 1.54) is 77.0 Å². The van der Waals surface area contributed by atoms with Gasteiger partial charge in [-0.3, -0.25) is 4.79 Å². The molecule has 0 unspecified atom stereocenters. The number of carbonyl (C=O) groups excluding carboxylic acids is 1. The summed E-state index contributed by atoms with van der Waals surface area (Å²) in [4.78, 5) is 12.0. The van der Waals surface area contributed by atoms with E-state index in [1.54, 1.807) is 0 Å². The molecular formula is C24H38O. The van der Waals surface area contributed by atoms with Gasteiger partial charge in [0, 0.05) is 12.0 Å². The predicted molar refractivity (Wildman–Crippen MR) is 110 cm³/mol. The molecule has 0 radical (unpaired) electrons. The lowest BCUT2D eigenvalue weighted by Gasteiger charge is -2.01. The number of ketones is 1. The van der Waals surface area contributed by atoms with Crippen LogP contribution >= 0.6 is 0 Å². The molecule has 0 fully saturated rings. The fraction of sp³-hybridized carbons (Fsp3) is 0.625. The Kier molecular flexibility index (Phi) is 14.0. The number of hydrogen-bond donors (Lipinski definition) is 0. The van der Waals surface area contributed by atoms with Crippen LogP contribution in [-0.2, 0) is 0 Å². The van der Waals surface area contributed by atoms with Crippen LogP contribution in [0, 0.1) is 0 Å². The molecule has 140 valence electrons. The van der Waals surface area contributed by atoms with Crippen molar-refractivity contribution in [3.05, 3.63) is 48.0 Å². The molecule has 25 heavy (non-hydrogen) atoms. The Morgan fingerprint density at radius 3 is 1.84 bits per heavy atom. The van der Waals surface area contributed by atoms with Gasteiger partial charge in [0.05, 0.1) is 0 Å². The van der Waals surface area contributed by atoms with Gasteiger partial charge in [0.1, 0.15) is 0 Å². The number of allylic oxidation sites excluding steroid dienone is 2. The minimum atomic E-state index is 0.290. The first kappa shape index (κ1) is 21.7. The van der Waals surface area contributed by atoms with E-state index in [-0.39, 0.29) is 0 Å². The van der Waals surface area contributed by atoms with Crippen LogP contribution in [0.1, 0.15) is 107 Å². The second-order valence-corrected chi connectivity index (χ2v) is 7.12. The number of unbranched alkanes of at least 4 members (excludes halogenated alkanes) is 11. The van der Waals surface area contributed by atoms with Crippen LogP contribution in [-0.4, -0.2) is 5.78 Å². The maximum Gasteiger partial charge on any atom is 0.162 e. The number of benzene rings is 1. The molecule has 0 atom stereocenters. The summed E-state index contributed by atoms with van der Waals surface area (Å²) in [5.74, 6) is 0.290. The molecule has 1 aromatic carbocycles. The molecule has 0 saturated carbocycles. The SMILES string of the molecule is CCCCCCCC/C=C/CCCCCCCC(=O)c1ccccc1. The smallest absolute Gasteiger partial charge is 0.162 e. The minimum Gasteiger partial charge on any atom is -0.294 e. The molecule has 1 heteroatoms. The number of Topliss-reactive ketones (excluding diaryl/α,β-unsaturated/α-hetero) is 1. The summed E-state index contributed by atoms with van der Waals surface area (Å²) in [6.45, 7) is 2.27. The summed E-state index contributed by atoms with van der Waals surface area (Å²) >= 11 is 0. The van der Waals surface area contributed by atoms with E-state index < -0.39 is 0 Å². The third-order valence-corrected chi connectivity index (χ3v) is 4.76. The van der Waals surface area contributed by atoms with Crippen LogP contribution in [0.4, 0.5) is 0 Å². The highest BCUT2D eigenvalue weighted by molar-refractivity contribution is 5.95. The third-order valence-electron chi connectivity index (χ3n) is 4.76. The second-order valence-electron chi connectivity index (χ2n) is 7.12. The lowest BCUT2D eigenvalue weighted by atomic mass is 10.0. The Labute approximate surface area is 155 Å². The predicted octanol–water partition coefficient (Wildman–Crippen LogP) is 7.91. The monoisotopic (exact) mass is 342 g/mol. The summed E-state index contributed by atoms with van der Waals surface area (Å²) in [6, 6.07) is 9.67. The Morgan fingerprint density at radius 1 is 0.720 bits per heavy atom. The van der Waals surface area contributed by atoms with E-state index in [9.17, 15) is 4.79 Å². The van der Waals surface area contributed by atoms with Crippen molar-refractivity contribution in [1.29, 1.82) is 0 Å². The van der Waals surface area contributed by atoms with Crippen molar-refractivity contribution < 1.29 is 4.79 Å². The van der Waals surface area contributed by atoms with Crippen LogP contribution in [0.15, 0.2) is 42.5 Å². The van der Waals surface area contributed by atoms with E-state index in [0.717, 1.165) is 12.0 Å². The molecule has 0 bridgehead atoms. The van der Waals surface area contributed by atoms with Gasteiger partial charge in [-0.2, -0.15) is 0 Å². The maximum atomic E-state index is 12.0. The first-order chi connectivity index (χ1) is 12.3. The molecule has 0 heterocycles. The molecule has 0 amide bonds. The summed E-state index contributed by atoms with van der Waals surface area (Å²) in [7, 11) is 0. The van der Waals surface area contributed by atoms with E-state index in [4.69, 9.17) is 0 Å². The lowest BCUT2D eigenvalue weighted by molar-refractivity contribution is 0.0979. The molecule has 0 spiro atoms. The van der Waals surface area contributed by atoms with Gasteiger partial charge in [-0.05, 0) is 32.1 Å². The zero-order chi connectivity index (χ0) is 18.0. The molecule has 1 aromatic rings. The summed E-state index contributed by atoms with van der Waals surface area (Å²) in [5.41, 5.74) is 0.859. The van der Waals surface area contributed by atoms with Crippen LogP contribution in [0.2, 0.25) is 0 Å². The van der Waals surface area contributed by atoms with Gasteiger partial charge in [0.15, 0.2) is 5.78 Å². The van der Waals surface area contributed by atoms with Crippen LogP contribution in [0.25, 0.3) is 0 Å². The molecule has 0 N–H and O–H groups in total. The molecule has 0 saturated heterocycles. The minimum absolute atomic E-state index is 0.290. The fourth-order valence-corrected chi connectivity index (χ4v) is 3.12. The molecule has 0 aliphatic carbocycles. The molecule has 0 aromatic heterocycles. The van der Waals surface area contributed by atoms with E-state index >= 15 is 0 Å². The van der Waals surface area contributed by atoms with Crippen LogP contribution in [0.3, 0.4) is 0 Å². The van der Waals surface area contributed by atoms with Crippen molar-refractivity contribution in [2.45, 2.75) is 96.8 Å². The van der Waals surface area contributed by atoms with Gasteiger partial charge in [0.2, 0.25) is 0 Å². The van der Waals surface area contributed by atoms with Crippen molar-refractivity contribution in [2.24, 2.45) is 0 Å². The van der Waals surface area contributed by atoms with E-state index in [1.807, 2.05) is 30.3 Å². The van der Waals surface area contributed by atoms with Gasteiger partial charge in [-0.25, -0.2) is 0 Å².